The number of ether oxygens (including phenoxy) is 1. The Bertz CT molecular complexity index is 483. The maximum atomic E-state index is 12.0. The van der Waals surface area contributed by atoms with Gasteiger partial charge in [0.2, 0.25) is 21.8 Å². The predicted molar refractivity (Wildman–Crippen MR) is 75.0 cm³/mol. The van der Waals surface area contributed by atoms with Gasteiger partial charge in [0.1, 0.15) is 0 Å². The number of carbonyl (C=O) groups is 2. The molecule has 2 rings (SSSR count). The third kappa shape index (κ3) is 5.60. The number of morpholine rings is 1. The number of hydrogen-bond donors (Lipinski definition) is 2. The normalized spacial score (nSPS) is 20.0. The molecule has 9 heteroatoms. The molecule has 2 fully saturated rings. The van der Waals surface area contributed by atoms with E-state index in [1.807, 2.05) is 0 Å². The average molecular weight is 319 g/mol. The summed E-state index contributed by atoms with van der Waals surface area (Å²) >= 11 is 0. The number of nitrogens with one attached hydrogen (secondary N) is 2. The van der Waals surface area contributed by atoms with E-state index in [0.29, 0.717) is 26.3 Å². The first-order chi connectivity index (χ1) is 9.97. The summed E-state index contributed by atoms with van der Waals surface area (Å²) in [5, 5.41) is 5.17. The van der Waals surface area contributed by atoms with E-state index in [2.05, 4.69) is 10.6 Å². The molecular formula is C12H21N3O5S. The van der Waals surface area contributed by atoms with E-state index in [1.165, 1.54) is 4.31 Å². The molecule has 8 nitrogen and oxygen atoms in total. The van der Waals surface area contributed by atoms with Crippen molar-refractivity contribution in [1.29, 1.82) is 0 Å². The quantitative estimate of drug-likeness (QED) is 0.590. The number of nitrogens with zero attached hydrogens (tertiary/aromatic N) is 1. The van der Waals surface area contributed by atoms with Gasteiger partial charge in [-0.25, -0.2) is 8.42 Å². The summed E-state index contributed by atoms with van der Waals surface area (Å²) in [6, 6.07) is 0.246. The van der Waals surface area contributed by atoms with Gasteiger partial charge in [0.15, 0.2) is 0 Å². The van der Waals surface area contributed by atoms with Crippen LogP contribution in [0.3, 0.4) is 0 Å². The summed E-state index contributed by atoms with van der Waals surface area (Å²) in [4.78, 5) is 23.0. The maximum Gasteiger partial charge on any atom is 0.239 e. The van der Waals surface area contributed by atoms with Gasteiger partial charge < -0.3 is 15.4 Å². The Hall–Kier alpha value is -1.19. The lowest BCUT2D eigenvalue weighted by Crippen LogP contribution is -2.43. The highest BCUT2D eigenvalue weighted by Crippen LogP contribution is 2.18. The third-order valence-electron chi connectivity index (χ3n) is 3.34. The zero-order valence-electron chi connectivity index (χ0n) is 11.8. The Morgan fingerprint density at radius 2 is 1.81 bits per heavy atom. The van der Waals surface area contributed by atoms with Gasteiger partial charge in [-0.3, -0.25) is 9.59 Å². The predicted octanol–water partition coefficient (Wildman–Crippen LogP) is -1.57. The molecule has 2 N–H and O–H groups in total. The highest BCUT2D eigenvalue weighted by atomic mass is 32.2. The van der Waals surface area contributed by atoms with Crippen molar-refractivity contribution in [2.75, 3.05) is 38.6 Å². The van der Waals surface area contributed by atoms with Crippen LogP contribution in [0.25, 0.3) is 0 Å². The Labute approximate surface area is 124 Å². The van der Waals surface area contributed by atoms with Crippen LogP contribution in [-0.4, -0.2) is 69.2 Å². The number of hydrogen-bond acceptors (Lipinski definition) is 5. The van der Waals surface area contributed by atoms with Gasteiger partial charge in [0.25, 0.3) is 0 Å². The summed E-state index contributed by atoms with van der Waals surface area (Å²) in [7, 11) is -3.43. The number of sulfonamides is 1. The summed E-state index contributed by atoms with van der Waals surface area (Å²) < 4.78 is 30.4. The lowest BCUT2D eigenvalue weighted by atomic mass is 10.4. The topological polar surface area (TPSA) is 105 Å². The number of amides is 2. The molecule has 2 aliphatic rings. The molecular weight excluding hydrogens is 298 g/mol. The zero-order chi connectivity index (χ0) is 15.3. The molecule has 1 heterocycles. The molecule has 0 radical (unpaired) electrons. The monoisotopic (exact) mass is 319 g/mol. The van der Waals surface area contributed by atoms with Gasteiger partial charge in [-0.05, 0) is 12.8 Å². The minimum absolute atomic E-state index is 0.104. The van der Waals surface area contributed by atoms with Crippen molar-refractivity contribution in [2.45, 2.75) is 25.3 Å². The second-order valence-corrected chi connectivity index (χ2v) is 7.28. The molecule has 1 aliphatic carbocycles. The molecule has 120 valence electrons. The van der Waals surface area contributed by atoms with Crippen LogP contribution in [-0.2, 0) is 24.3 Å². The van der Waals surface area contributed by atoms with Gasteiger partial charge >= 0.3 is 0 Å². The highest BCUT2D eigenvalue weighted by Gasteiger charge is 2.25. The van der Waals surface area contributed by atoms with E-state index < -0.39 is 15.9 Å². The first-order valence-electron chi connectivity index (χ1n) is 7.09. The van der Waals surface area contributed by atoms with Gasteiger partial charge in [-0.2, -0.15) is 4.31 Å². The molecule has 1 saturated carbocycles. The molecule has 0 aromatic rings. The second-order valence-electron chi connectivity index (χ2n) is 5.20. The van der Waals surface area contributed by atoms with Gasteiger partial charge in [0, 0.05) is 25.6 Å². The molecule has 21 heavy (non-hydrogen) atoms. The summed E-state index contributed by atoms with van der Waals surface area (Å²) in [6.07, 6.45) is 1.82. The first-order valence-corrected chi connectivity index (χ1v) is 8.70. The number of rotatable bonds is 7. The smallest absolute Gasteiger partial charge is 0.239 e. The largest absolute Gasteiger partial charge is 0.379 e. The first kappa shape index (κ1) is 16.2. The van der Waals surface area contributed by atoms with Crippen molar-refractivity contribution in [3.8, 4) is 0 Å². The number of carbonyl (C=O) groups excluding carboxylic acids is 2. The molecule has 2 amide bonds. The minimum Gasteiger partial charge on any atom is -0.379 e. The Morgan fingerprint density at radius 3 is 2.43 bits per heavy atom. The highest BCUT2D eigenvalue weighted by molar-refractivity contribution is 7.89. The van der Waals surface area contributed by atoms with Gasteiger partial charge in [-0.15, -0.1) is 0 Å². The van der Waals surface area contributed by atoms with Crippen LogP contribution in [0.2, 0.25) is 0 Å². The SMILES string of the molecule is O=C(CCS(=O)(=O)N1CCOCC1)NCC(=O)NC1CC1. The molecule has 1 saturated heterocycles. The van der Waals surface area contributed by atoms with Crippen LogP contribution >= 0.6 is 0 Å². The maximum absolute atomic E-state index is 12.0. The standard InChI is InChI=1S/C12H21N3O5S/c16-11(13-9-12(17)14-10-1-2-10)3-8-21(18,19)15-4-6-20-7-5-15/h10H,1-9H2,(H,13,16)(H,14,17). The minimum atomic E-state index is -3.43. The van der Waals surface area contributed by atoms with E-state index in [9.17, 15) is 18.0 Å². The zero-order valence-corrected chi connectivity index (χ0v) is 12.7. The molecule has 0 atom stereocenters. The summed E-state index contributed by atoms with van der Waals surface area (Å²) in [5.41, 5.74) is 0. The molecule has 0 bridgehead atoms. The van der Waals surface area contributed by atoms with Crippen LogP contribution < -0.4 is 10.6 Å². The van der Waals surface area contributed by atoms with Crippen molar-refractivity contribution in [1.82, 2.24) is 14.9 Å². The van der Waals surface area contributed by atoms with E-state index in [-0.39, 0.29) is 30.7 Å². The Kier molecular flexibility index (Phi) is 5.54. The molecule has 1 aliphatic heterocycles. The van der Waals surface area contributed by atoms with Crippen molar-refractivity contribution in [3.05, 3.63) is 0 Å². The Balaban J connectivity index is 1.66. The van der Waals surface area contributed by atoms with E-state index >= 15 is 0 Å². The van der Waals surface area contributed by atoms with E-state index in [1.54, 1.807) is 0 Å². The van der Waals surface area contributed by atoms with Gasteiger partial charge in [-0.1, -0.05) is 0 Å². The lowest BCUT2D eigenvalue weighted by molar-refractivity contribution is -0.125. The second kappa shape index (κ2) is 7.19. The molecule has 0 aromatic heterocycles. The molecule has 0 aromatic carbocycles. The van der Waals surface area contributed by atoms with E-state index in [4.69, 9.17) is 4.74 Å². The summed E-state index contributed by atoms with van der Waals surface area (Å²) in [5.74, 6) is -0.914. The van der Waals surface area contributed by atoms with Gasteiger partial charge in [0.05, 0.1) is 25.5 Å². The van der Waals surface area contributed by atoms with Crippen LogP contribution in [0.5, 0.6) is 0 Å². The summed E-state index contributed by atoms with van der Waals surface area (Å²) in [6.45, 7) is 1.31. The van der Waals surface area contributed by atoms with Crippen molar-refractivity contribution in [2.24, 2.45) is 0 Å². The Morgan fingerprint density at radius 1 is 1.14 bits per heavy atom. The van der Waals surface area contributed by atoms with Crippen LogP contribution in [0.4, 0.5) is 0 Å². The van der Waals surface area contributed by atoms with Crippen molar-refractivity contribution >= 4 is 21.8 Å². The third-order valence-corrected chi connectivity index (χ3v) is 5.21. The fourth-order valence-corrected chi connectivity index (χ4v) is 3.36. The average Bonchev–Trinajstić information content (AvgIpc) is 3.28. The lowest BCUT2D eigenvalue weighted by Gasteiger charge is -2.25. The van der Waals surface area contributed by atoms with E-state index in [0.717, 1.165) is 12.8 Å². The molecule has 0 unspecified atom stereocenters. The van der Waals surface area contributed by atoms with Crippen molar-refractivity contribution < 1.29 is 22.7 Å². The van der Waals surface area contributed by atoms with Crippen LogP contribution in [0.15, 0.2) is 0 Å². The van der Waals surface area contributed by atoms with Crippen molar-refractivity contribution in [3.63, 3.8) is 0 Å². The van der Waals surface area contributed by atoms with Crippen LogP contribution in [0, 0.1) is 0 Å². The van der Waals surface area contributed by atoms with Crippen LogP contribution in [0.1, 0.15) is 19.3 Å². The fourth-order valence-electron chi connectivity index (χ4n) is 1.95. The molecule has 0 spiro atoms. The fraction of sp³-hybridized carbons (Fsp3) is 0.833.